The molecule has 0 aromatic heterocycles. The van der Waals surface area contributed by atoms with Crippen LogP contribution in [0.1, 0.15) is 198 Å². The molecule has 0 spiro atoms. The number of hydrogen-bond donors (Lipinski definition) is 0. The summed E-state index contributed by atoms with van der Waals surface area (Å²) in [6.07, 6.45) is 20.8. The van der Waals surface area contributed by atoms with E-state index >= 15 is 0 Å². The quantitative estimate of drug-likeness (QED) is 0.0493. The second-order valence-electron chi connectivity index (χ2n) is 18.0. The van der Waals surface area contributed by atoms with Gasteiger partial charge in [-0.3, -0.25) is 9.59 Å². The summed E-state index contributed by atoms with van der Waals surface area (Å²) < 4.78 is 26.3. The van der Waals surface area contributed by atoms with Crippen molar-refractivity contribution in [3.8, 4) is 0 Å². The largest absolute Gasteiger partial charge is 1.00 e. The van der Waals surface area contributed by atoms with Crippen LogP contribution in [0.2, 0.25) is 0 Å². The summed E-state index contributed by atoms with van der Waals surface area (Å²) in [5.74, 6) is 3.71. The van der Waals surface area contributed by atoms with E-state index in [1.54, 1.807) is 0 Å². The van der Waals surface area contributed by atoms with Crippen molar-refractivity contribution >= 4 is 19.8 Å². The minimum atomic E-state index is -5.28. The number of phosphoric acid groups is 1. The van der Waals surface area contributed by atoms with Gasteiger partial charge in [0.1, 0.15) is 6.61 Å². The number of carbonyl (C=O) groups excluding carboxylic acids is 2. The second-order valence-corrected chi connectivity index (χ2v) is 19.1. The summed E-state index contributed by atoms with van der Waals surface area (Å²) in [4.78, 5) is 47.5. The SMILES string of the molecule is CC(C)CCCC(C)CCCC(C)CCCC(C)CC(=O)OC[C@H](COP(=O)([O-])[O-])OC(=O)CC(C)CCCC(C)CCCC(C)CCCC(C)C.[Na+].[Na+]. The number of phosphoric ester groups is 1. The monoisotopic (exact) mass is 805 g/mol. The van der Waals surface area contributed by atoms with Crippen LogP contribution in [-0.2, 0) is 28.2 Å². The third-order valence-corrected chi connectivity index (χ3v) is 11.2. The van der Waals surface area contributed by atoms with Crippen molar-refractivity contribution in [3.05, 3.63) is 0 Å². The Morgan fingerprint density at radius 1 is 0.463 bits per heavy atom. The van der Waals surface area contributed by atoms with E-state index < -0.39 is 32.5 Å². The number of esters is 2. The Morgan fingerprint density at radius 2 is 0.759 bits per heavy atom. The number of ether oxygens (including phenoxy) is 2. The molecule has 0 rings (SSSR count). The van der Waals surface area contributed by atoms with Gasteiger partial charge in [0.15, 0.2) is 6.10 Å². The van der Waals surface area contributed by atoms with Crippen LogP contribution >= 0.6 is 7.82 Å². The van der Waals surface area contributed by atoms with Gasteiger partial charge >= 0.3 is 71.1 Å². The first-order chi connectivity index (χ1) is 24.4. The van der Waals surface area contributed by atoms with Gasteiger partial charge in [-0.1, -0.05) is 185 Å². The molecule has 0 amide bonds. The van der Waals surface area contributed by atoms with Gasteiger partial charge in [0.25, 0.3) is 0 Å². The van der Waals surface area contributed by atoms with Crippen LogP contribution in [0.4, 0.5) is 0 Å². The van der Waals surface area contributed by atoms with E-state index in [-0.39, 0.29) is 90.4 Å². The first-order valence-electron chi connectivity index (χ1n) is 21.4. The van der Waals surface area contributed by atoms with Gasteiger partial charge in [-0.2, -0.15) is 0 Å². The predicted molar refractivity (Wildman–Crippen MR) is 211 cm³/mol. The molecule has 0 saturated carbocycles. The Balaban J connectivity index is -0.0000130. The Bertz CT molecular complexity index is 946. The summed E-state index contributed by atoms with van der Waals surface area (Å²) in [6, 6.07) is 0. The molecule has 54 heavy (non-hydrogen) atoms. The number of hydrogen-bond acceptors (Lipinski definition) is 8. The molecular weight excluding hydrogens is 721 g/mol. The van der Waals surface area contributed by atoms with Crippen LogP contribution in [-0.4, -0.2) is 31.3 Å². The molecule has 0 radical (unpaired) electrons. The minimum absolute atomic E-state index is 0. The molecule has 7 atom stereocenters. The van der Waals surface area contributed by atoms with Crippen molar-refractivity contribution in [2.45, 2.75) is 204 Å². The first kappa shape index (κ1) is 59.4. The standard InChI is InChI=1S/C43H85O8P.2Na/c1-33(2)17-11-19-35(5)21-13-23-37(7)25-15-27-39(9)29-42(44)49-31-41(32-50-52(46,47)48)51-43(45)30-40(10)28-16-26-38(8)24-14-22-36(6)20-12-18-34(3)4;;/h33-41H,11-32H2,1-10H3,(H2,46,47,48);;/q;2*+1/p-2/t35?,36?,37?,38?,39?,40?,41-;;/m1../s1. The van der Waals surface area contributed by atoms with E-state index in [4.69, 9.17) is 9.47 Å². The van der Waals surface area contributed by atoms with Gasteiger partial charge in [-0.25, -0.2) is 0 Å². The molecule has 0 heterocycles. The third kappa shape index (κ3) is 39.9. The molecular formula is C43H83Na2O8P. The van der Waals surface area contributed by atoms with Crippen molar-refractivity contribution in [1.29, 1.82) is 0 Å². The smallest absolute Gasteiger partial charge is 0.790 e. The average Bonchev–Trinajstić information content (AvgIpc) is 3.01. The van der Waals surface area contributed by atoms with Gasteiger partial charge in [-0.05, 0) is 47.3 Å². The molecule has 11 heteroatoms. The molecule has 0 aliphatic rings. The minimum Gasteiger partial charge on any atom is -0.790 e. The molecule has 6 unspecified atom stereocenters. The van der Waals surface area contributed by atoms with E-state index in [2.05, 4.69) is 59.9 Å². The summed E-state index contributed by atoms with van der Waals surface area (Å²) >= 11 is 0. The van der Waals surface area contributed by atoms with Crippen molar-refractivity contribution < 1.29 is 97.1 Å². The Labute approximate surface area is 378 Å². The fraction of sp³-hybridized carbons (Fsp3) is 0.953. The van der Waals surface area contributed by atoms with Crippen LogP contribution in [0.25, 0.3) is 0 Å². The third-order valence-electron chi connectivity index (χ3n) is 10.7. The summed E-state index contributed by atoms with van der Waals surface area (Å²) in [6.45, 7) is 21.5. The second kappa shape index (κ2) is 35.9. The zero-order chi connectivity index (χ0) is 39.5. The van der Waals surface area contributed by atoms with Crippen molar-refractivity contribution in [3.63, 3.8) is 0 Å². The molecule has 0 fully saturated rings. The molecule has 0 N–H and O–H groups in total. The van der Waals surface area contributed by atoms with E-state index in [1.165, 1.54) is 77.0 Å². The number of rotatable bonds is 34. The van der Waals surface area contributed by atoms with E-state index in [9.17, 15) is 23.9 Å². The van der Waals surface area contributed by atoms with Gasteiger partial charge in [0.2, 0.25) is 0 Å². The van der Waals surface area contributed by atoms with Crippen molar-refractivity contribution in [1.82, 2.24) is 0 Å². The van der Waals surface area contributed by atoms with Crippen molar-refractivity contribution in [2.24, 2.45) is 47.3 Å². The maximum atomic E-state index is 12.7. The zero-order valence-electron chi connectivity index (χ0n) is 37.5. The topological polar surface area (TPSA) is 125 Å². The summed E-state index contributed by atoms with van der Waals surface area (Å²) in [5, 5.41) is 0. The first-order valence-corrected chi connectivity index (χ1v) is 22.8. The molecule has 310 valence electrons. The van der Waals surface area contributed by atoms with E-state index in [1.807, 2.05) is 13.8 Å². The van der Waals surface area contributed by atoms with E-state index in [0.717, 1.165) is 62.2 Å². The number of carbonyl (C=O) groups is 2. The molecule has 8 nitrogen and oxygen atoms in total. The molecule has 0 aromatic carbocycles. The van der Waals surface area contributed by atoms with Gasteiger partial charge < -0.3 is 28.3 Å². The van der Waals surface area contributed by atoms with Gasteiger partial charge in [0, 0.05) is 12.8 Å². The van der Waals surface area contributed by atoms with Crippen molar-refractivity contribution in [2.75, 3.05) is 13.2 Å². The van der Waals surface area contributed by atoms with E-state index in [0.29, 0.717) is 11.8 Å². The molecule has 0 aliphatic heterocycles. The Morgan fingerprint density at radius 3 is 1.07 bits per heavy atom. The maximum Gasteiger partial charge on any atom is 1.00 e. The Hall–Kier alpha value is 1.05. The van der Waals surface area contributed by atoms with Crippen LogP contribution in [0.15, 0.2) is 0 Å². The van der Waals surface area contributed by atoms with Crippen LogP contribution in [0.5, 0.6) is 0 Å². The summed E-state index contributed by atoms with van der Waals surface area (Å²) in [5.41, 5.74) is 0. The molecule has 0 aromatic rings. The van der Waals surface area contributed by atoms with Gasteiger partial charge in [-0.15, -0.1) is 0 Å². The zero-order valence-corrected chi connectivity index (χ0v) is 42.4. The fourth-order valence-electron chi connectivity index (χ4n) is 7.13. The van der Waals surface area contributed by atoms with Gasteiger partial charge in [0.05, 0.1) is 14.4 Å². The summed E-state index contributed by atoms with van der Waals surface area (Å²) in [7, 11) is -5.28. The normalized spacial score (nSPS) is 15.7. The van der Waals surface area contributed by atoms with Crippen LogP contribution < -0.4 is 68.9 Å². The molecule has 0 saturated heterocycles. The molecule has 0 aliphatic carbocycles. The molecule has 0 bridgehead atoms. The van der Waals surface area contributed by atoms with Crippen LogP contribution in [0.3, 0.4) is 0 Å². The predicted octanol–water partition coefficient (Wildman–Crippen LogP) is 5.23. The van der Waals surface area contributed by atoms with Crippen LogP contribution in [0, 0.1) is 47.3 Å². The average molecular weight is 805 g/mol. The maximum absolute atomic E-state index is 12.7. The fourth-order valence-corrected chi connectivity index (χ4v) is 7.48. The Kier molecular flexibility index (Phi) is 39.5.